The van der Waals surface area contributed by atoms with E-state index in [1.54, 1.807) is 0 Å². The summed E-state index contributed by atoms with van der Waals surface area (Å²) in [5.74, 6) is 2.32. The first kappa shape index (κ1) is 17.2. The molecular weight excluding hydrogens is 297 g/mol. The quantitative estimate of drug-likeness (QED) is 0.639. The monoisotopic (exact) mass is 319 g/mol. The van der Waals surface area contributed by atoms with Crippen molar-refractivity contribution in [1.82, 2.24) is 5.32 Å². The van der Waals surface area contributed by atoms with Gasteiger partial charge in [0.2, 0.25) is 0 Å². The SMILES string of the molecule is CCCNC(CSCCC)Cc1c(Cl)cccc1Cl. The topological polar surface area (TPSA) is 12.0 Å². The van der Waals surface area contributed by atoms with Gasteiger partial charge in [0.15, 0.2) is 0 Å². The van der Waals surface area contributed by atoms with E-state index in [4.69, 9.17) is 23.2 Å². The van der Waals surface area contributed by atoms with E-state index in [2.05, 4.69) is 19.2 Å². The molecule has 0 aliphatic rings. The van der Waals surface area contributed by atoms with Gasteiger partial charge in [0.05, 0.1) is 0 Å². The van der Waals surface area contributed by atoms with E-state index >= 15 is 0 Å². The maximum Gasteiger partial charge on any atom is 0.0453 e. The highest BCUT2D eigenvalue weighted by atomic mass is 35.5. The lowest BCUT2D eigenvalue weighted by Crippen LogP contribution is -2.34. The van der Waals surface area contributed by atoms with Crippen LogP contribution in [0.3, 0.4) is 0 Å². The molecule has 0 aromatic heterocycles. The fourth-order valence-electron chi connectivity index (χ4n) is 1.88. The Bertz CT molecular complexity index is 351. The lowest BCUT2D eigenvalue weighted by Gasteiger charge is -2.19. The molecule has 0 aliphatic heterocycles. The molecule has 0 spiro atoms. The van der Waals surface area contributed by atoms with E-state index < -0.39 is 0 Å². The van der Waals surface area contributed by atoms with Crippen molar-refractivity contribution >= 4 is 35.0 Å². The molecule has 0 radical (unpaired) electrons. The third-order valence-corrected chi connectivity index (χ3v) is 4.91. The molecule has 0 aliphatic carbocycles. The second-order valence-electron chi connectivity index (χ2n) is 4.63. The standard InChI is InChI=1S/C15H23Cl2NS/c1-3-8-18-12(11-19-9-4-2)10-13-14(16)6-5-7-15(13)17/h5-7,12,18H,3-4,8-11H2,1-2H3. The first-order valence-electron chi connectivity index (χ1n) is 6.93. The lowest BCUT2D eigenvalue weighted by molar-refractivity contribution is 0.550. The lowest BCUT2D eigenvalue weighted by atomic mass is 10.1. The Balaban J connectivity index is 2.64. The summed E-state index contributed by atoms with van der Waals surface area (Å²) >= 11 is 14.5. The highest BCUT2D eigenvalue weighted by Gasteiger charge is 2.13. The molecule has 0 bridgehead atoms. The van der Waals surface area contributed by atoms with Crippen molar-refractivity contribution in [2.45, 2.75) is 39.2 Å². The average Bonchev–Trinajstić information content (AvgIpc) is 2.39. The third kappa shape index (κ3) is 6.40. The Hall–Kier alpha value is 0.110. The number of nitrogens with one attached hydrogen (secondary N) is 1. The van der Waals surface area contributed by atoms with Gasteiger partial charge in [0, 0.05) is 21.8 Å². The van der Waals surface area contributed by atoms with Gasteiger partial charge in [0.25, 0.3) is 0 Å². The minimum absolute atomic E-state index is 0.439. The molecule has 1 rings (SSSR count). The second kappa shape index (κ2) is 9.93. The van der Waals surface area contributed by atoms with Crippen LogP contribution in [0.1, 0.15) is 32.3 Å². The van der Waals surface area contributed by atoms with Crippen molar-refractivity contribution in [2.24, 2.45) is 0 Å². The summed E-state index contributed by atoms with van der Waals surface area (Å²) in [6.45, 7) is 5.44. The van der Waals surface area contributed by atoms with E-state index in [9.17, 15) is 0 Å². The number of thioether (sulfide) groups is 1. The summed E-state index contributed by atoms with van der Waals surface area (Å²) in [6, 6.07) is 6.17. The molecule has 4 heteroatoms. The Kier molecular flexibility index (Phi) is 8.97. The van der Waals surface area contributed by atoms with Crippen molar-refractivity contribution in [3.05, 3.63) is 33.8 Å². The van der Waals surface area contributed by atoms with Gasteiger partial charge in [-0.3, -0.25) is 0 Å². The number of rotatable bonds is 9. The van der Waals surface area contributed by atoms with Crippen molar-refractivity contribution in [3.8, 4) is 0 Å². The van der Waals surface area contributed by atoms with Gasteiger partial charge < -0.3 is 5.32 Å². The summed E-state index contributed by atoms with van der Waals surface area (Å²) in [5, 5.41) is 5.14. The summed E-state index contributed by atoms with van der Waals surface area (Å²) in [5.41, 5.74) is 1.07. The van der Waals surface area contributed by atoms with E-state index in [0.717, 1.165) is 40.7 Å². The van der Waals surface area contributed by atoms with E-state index in [0.29, 0.717) is 6.04 Å². The van der Waals surface area contributed by atoms with Gasteiger partial charge in [-0.05, 0) is 49.3 Å². The normalized spacial score (nSPS) is 12.6. The van der Waals surface area contributed by atoms with Crippen molar-refractivity contribution < 1.29 is 0 Å². The van der Waals surface area contributed by atoms with E-state index in [-0.39, 0.29) is 0 Å². The Morgan fingerprint density at radius 1 is 1.16 bits per heavy atom. The molecular formula is C15H23Cl2NS. The van der Waals surface area contributed by atoms with Gasteiger partial charge in [-0.15, -0.1) is 0 Å². The smallest absolute Gasteiger partial charge is 0.0453 e. The van der Waals surface area contributed by atoms with Gasteiger partial charge in [0.1, 0.15) is 0 Å². The summed E-state index contributed by atoms with van der Waals surface area (Å²) in [6.07, 6.45) is 3.26. The van der Waals surface area contributed by atoms with Crippen molar-refractivity contribution in [3.63, 3.8) is 0 Å². The van der Waals surface area contributed by atoms with E-state index in [1.807, 2.05) is 30.0 Å². The van der Waals surface area contributed by atoms with Crippen LogP contribution in [0.25, 0.3) is 0 Å². The Morgan fingerprint density at radius 2 is 1.84 bits per heavy atom. The molecule has 0 heterocycles. The Morgan fingerprint density at radius 3 is 2.42 bits per heavy atom. The number of halogens is 2. The van der Waals surface area contributed by atoms with Crippen LogP contribution in [0.15, 0.2) is 18.2 Å². The van der Waals surface area contributed by atoms with Crippen LogP contribution in [0.5, 0.6) is 0 Å². The van der Waals surface area contributed by atoms with Gasteiger partial charge in [-0.2, -0.15) is 11.8 Å². The summed E-state index contributed by atoms with van der Waals surface area (Å²) in [7, 11) is 0. The number of benzene rings is 1. The maximum absolute atomic E-state index is 6.25. The highest BCUT2D eigenvalue weighted by Crippen LogP contribution is 2.26. The zero-order valence-electron chi connectivity index (χ0n) is 11.7. The van der Waals surface area contributed by atoms with Crippen molar-refractivity contribution in [2.75, 3.05) is 18.1 Å². The highest BCUT2D eigenvalue weighted by molar-refractivity contribution is 7.99. The van der Waals surface area contributed by atoms with Crippen LogP contribution in [-0.2, 0) is 6.42 Å². The van der Waals surface area contributed by atoms with Crippen LogP contribution in [0.2, 0.25) is 10.0 Å². The fraction of sp³-hybridized carbons (Fsp3) is 0.600. The van der Waals surface area contributed by atoms with Crippen LogP contribution in [-0.4, -0.2) is 24.1 Å². The van der Waals surface area contributed by atoms with Crippen LogP contribution in [0.4, 0.5) is 0 Å². The molecule has 1 aromatic carbocycles. The molecule has 0 saturated carbocycles. The zero-order valence-corrected chi connectivity index (χ0v) is 14.0. The first-order valence-corrected chi connectivity index (χ1v) is 8.84. The predicted octanol–water partition coefficient (Wildman–Crippen LogP) is 5.05. The molecule has 108 valence electrons. The van der Waals surface area contributed by atoms with Crippen LogP contribution in [0, 0.1) is 0 Å². The van der Waals surface area contributed by atoms with Crippen LogP contribution >= 0.6 is 35.0 Å². The minimum Gasteiger partial charge on any atom is -0.313 e. The molecule has 1 unspecified atom stereocenters. The Labute approximate surface area is 131 Å². The molecule has 1 nitrogen and oxygen atoms in total. The maximum atomic E-state index is 6.25. The summed E-state index contributed by atoms with van der Waals surface area (Å²) < 4.78 is 0. The number of hydrogen-bond acceptors (Lipinski definition) is 2. The third-order valence-electron chi connectivity index (χ3n) is 2.86. The molecule has 1 N–H and O–H groups in total. The largest absolute Gasteiger partial charge is 0.313 e. The molecule has 0 fully saturated rings. The average molecular weight is 320 g/mol. The first-order chi connectivity index (χ1) is 9.19. The fourth-order valence-corrected chi connectivity index (χ4v) is 3.41. The minimum atomic E-state index is 0.439. The van der Waals surface area contributed by atoms with E-state index in [1.165, 1.54) is 12.2 Å². The molecule has 1 atom stereocenters. The predicted molar refractivity (Wildman–Crippen MR) is 89.9 cm³/mol. The van der Waals surface area contributed by atoms with Crippen molar-refractivity contribution in [1.29, 1.82) is 0 Å². The molecule has 1 aromatic rings. The van der Waals surface area contributed by atoms with Gasteiger partial charge >= 0.3 is 0 Å². The van der Waals surface area contributed by atoms with Crippen LogP contribution < -0.4 is 5.32 Å². The number of hydrogen-bond donors (Lipinski definition) is 1. The molecule has 0 amide bonds. The second-order valence-corrected chi connectivity index (χ2v) is 6.59. The summed E-state index contributed by atoms with van der Waals surface area (Å²) in [4.78, 5) is 0. The van der Waals surface area contributed by atoms with Gasteiger partial charge in [-0.1, -0.05) is 43.1 Å². The molecule has 19 heavy (non-hydrogen) atoms. The van der Waals surface area contributed by atoms with Gasteiger partial charge in [-0.25, -0.2) is 0 Å². The zero-order chi connectivity index (χ0) is 14.1. The molecule has 0 saturated heterocycles.